The molecule has 0 saturated carbocycles. The van der Waals surface area contributed by atoms with Crippen molar-refractivity contribution in [2.45, 2.75) is 6.92 Å². The largest absolute Gasteiger partial charge is 0.245 e. The fraction of sp³-hybridized carbons (Fsp3) is 0.0417. The lowest BCUT2D eigenvalue weighted by Gasteiger charge is -2.10. The van der Waals surface area contributed by atoms with Gasteiger partial charge in [-0.15, -0.1) is 0 Å². The van der Waals surface area contributed by atoms with Gasteiger partial charge in [0.15, 0.2) is 23.3 Å². The average Bonchev–Trinajstić information content (AvgIpc) is 2.86. The lowest BCUT2D eigenvalue weighted by Crippen LogP contribution is -2.13. The van der Waals surface area contributed by atoms with Crippen LogP contribution in [0.15, 0.2) is 70.2 Å². The van der Waals surface area contributed by atoms with Crippen molar-refractivity contribution in [3.63, 3.8) is 0 Å². The molecule has 10 heteroatoms. The highest BCUT2D eigenvalue weighted by atomic mass is 79.9. The number of rotatable bonds is 5. The summed E-state index contributed by atoms with van der Waals surface area (Å²) < 4.78 is 69.6. The number of nitrogens with one attached hydrogen (secondary N) is 1. The molecular formula is C24H14BrF5N4. The minimum atomic E-state index is -2.24. The van der Waals surface area contributed by atoms with E-state index in [-0.39, 0.29) is 5.95 Å². The molecule has 4 rings (SSSR count). The molecule has 0 unspecified atom stereocenters. The molecule has 0 aliphatic rings. The van der Waals surface area contributed by atoms with Crippen LogP contribution in [0.25, 0.3) is 22.5 Å². The number of hydrazone groups is 1. The molecule has 0 atom stereocenters. The maximum atomic E-state index is 14.1. The molecule has 0 fully saturated rings. The molecular weight excluding hydrogens is 519 g/mol. The van der Waals surface area contributed by atoms with Gasteiger partial charge < -0.3 is 0 Å². The van der Waals surface area contributed by atoms with Gasteiger partial charge >= 0.3 is 0 Å². The van der Waals surface area contributed by atoms with Crippen molar-refractivity contribution >= 4 is 27.6 Å². The van der Waals surface area contributed by atoms with E-state index in [0.29, 0.717) is 11.4 Å². The second-order valence-electron chi connectivity index (χ2n) is 7.09. The molecule has 4 aromatic rings. The van der Waals surface area contributed by atoms with Gasteiger partial charge in [0.2, 0.25) is 11.8 Å². The van der Waals surface area contributed by atoms with Crippen LogP contribution in [0.5, 0.6) is 0 Å². The first-order valence-electron chi connectivity index (χ1n) is 9.78. The van der Waals surface area contributed by atoms with Gasteiger partial charge in [-0.05, 0) is 25.1 Å². The first-order valence-corrected chi connectivity index (χ1v) is 10.6. The predicted molar refractivity (Wildman–Crippen MR) is 123 cm³/mol. The Morgan fingerprint density at radius 2 is 1.24 bits per heavy atom. The van der Waals surface area contributed by atoms with Crippen LogP contribution in [0.3, 0.4) is 0 Å². The summed E-state index contributed by atoms with van der Waals surface area (Å²) in [6, 6.07) is 18.2. The van der Waals surface area contributed by atoms with Crippen molar-refractivity contribution in [2.75, 3.05) is 5.43 Å². The molecule has 0 saturated heterocycles. The Morgan fingerprint density at radius 3 is 1.79 bits per heavy atom. The van der Waals surface area contributed by atoms with E-state index in [9.17, 15) is 22.0 Å². The van der Waals surface area contributed by atoms with Crippen LogP contribution in [0.1, 0.15) is 12.5 Å². The minimum Gasteiger partial charge on any atom is -0.245 e. The Hall–Kier alpha value is -3.66. The zero-order chi connectivity index (χ0) is 24.4. The number of halogens is 6. The fourth-order valence-electron chi connectivity index (χ4n) is 3.13. The van der Waals surface area contributed by atoms with E-state index in [2.05, 4.69) is 36.4 Å². The van der Waals surface area contributed by atoms with Crippen LogP contribution in [0, 0.1) is 29.1 Å². The summed E-state index contributed by atoms with van der Waals surface area (Å²) in [6.07, 6.45) is 0. The van der Waals surface area contributed by atoms with Crippen LogP contribution in [0.4, 0.5) is 27.9 Å². The van der Waals surface area contributed by atoms with Gasteiger partial charge in [-0.1, -0.05) is 58.4 Å². The molecule has 3 aromatic carbocycles. The number of aromatic nitrogens is 2. The molecule has 1 heterocycles. The van der Waals surface area contributed by atoms with Crippen LogP contribution in [-0.4, -0.2) is 15.7 Å². The van der Waals surface area contributed by atoms with Gasteiger partial charge in [-0.2, -0.15) is 5.10 Å². The van der Waals surface area contributed by atoms with Gasteiger partial charge in [-0.3, -0.25) is 0 Å². The lowest BCUT2D eigenvalue weighted by atomic mass is 10.1. The molecule has 0 bridgehead atoms. The summed E-state index contributed by atoms with van der Waals surface area (Å²) in [5.41, 5.74) is 3.42. The normalized spacial score (nSPS) is 11.6. The van der Waals surface area contributed by atoms with E-state index in [1.165, 1.54) is 0 Å². The highest BCUT2D eigenvalue weighted by molar-refractivity contribution is 9.10. The van der Waals surface area contributed by atoms with Gasteiger partial charge in [0.1, 0.15) is 0 Å². The second kappa shape index (κ2) is 9.68. The van der Waals surface area contributed by atoms with E-state index in [0.717, 1.165) is 22.5 Å². The summed E-state index contributed by atoms with van der Waals surface area (Å²) in [7, 11) is 0. The van der Waals surface area contributed by atoms with Crippen molar-refractivity contribution in [2.24, 2.45) is 5.10 Å². The van der Waals surface area contributed by atoms with E-state index in [1.54, 1.807) is 6.07 Å². The molecule has 0 aliphatic heterocycles. The van der Waals surface area contributed by atoms with E-state index in [1.807, 2.05) is 54.6 Å². The Bertz CT molecular complexity index is 1360. The maximum absolute atomic E-state index is 14.1. The molecule has 0 aliphatic carbocycles. The lowest BCUT2D eigenvalue weighted by molar-refractivity contribution is 0.377. The first kappa shape index (κ1) is 23.5. The molecule has 1 aromatic heterocycles. The smallest absolute Gasteiger partial charge is 0.244 e. The third kappa shape index (κ3) is 4.67. The van der Waals surface area contributed by atoms with E-state index >= 15 is 0 Å². The minimum absolute atomic E-state index is 0.0394. The summed E-state index contributed by atoms with van der Waals surface area (Å²) in [4.78, 5) is 8.75. The van der Waals surface area contributed by atoms with Crippen molar-refractivity contribution in [1.29, 1.82) is 0 Å². The van der Waals surface area contributed by atoms with Crippen LogP contribution in [0.2, 0.25) is 0 Å². The Labute approximate surface area is 199 Å². The van der Waals surface area contributed by atoms with Gasteiger partial charge in [0.25, 0.3) is 0 Å². The third-order valence-corrected chi connectivity index (χ3v) is 5.36. The van der Waals surface area contributed by atoms with Crippen molar-refractivity contribution in [3.8, 4) is 22.5 Å². The zero-order valence-electron chi connectivity index (χ0n) is 17.4. The number of nitrogens with zero attached hydrogens (tertiary/aromatic N) is 3. The number of hydrogen-bond acceptors (Lipinski definition) is 4. The zero-order valence-corrected chi connectivity index (χ0v) is 19.0. The average molecular weight is 533 g/mol. The van der Waals surface area contributed by atoms with E-state index in [4.69, 9.17) is 0 Å². The van der Waals surface area contributed by atoms with Crippen molar-refractivity contribution in [3.05, 3.63) is 99.8 Å². The molecule has 1 N–H and O–H groups in total. The summed E-state index contributed by atoms with van der Waals surface area (Å²) in [6.45, 7) is 1.10. The topological polar surface area (TPSA) is 50.2 Å². The van der Waals surface area contributed by atoms with Crippen molar-refractivity contribution in [1.82, 2.24) is 9.97 Å². The number of benzene rings is 3. The highest BCUT2D eigenvalue weighted by Gasteiger charge is 2.27. The SMILES string of the molecule is CC(=NNc1nc(-c2ccccc2)cc(-c2ccc(Br)cc2)n1)c1c(F)c(F)c(F)c(F)c1F. The number of anilines is 1. The second-order valence-corrected chi connectivity index (χ2v) is 8.00. The summed E-state index contributed by atoms with van der Waals surface area (Å²) >= 11 is 3.37. The van der Waals surface area contributed by atoms with Crippen molar-refractivity contribution < 1.29 is 22.0 Å². The van der Waals surface area contributed by atoms with Gasteiger partial charge in [0.05, 0.1) is 22.7 Å². The molecule has 0 spiro atoms. The summed E-state index contributed by atoms with van der Waals surface area (Å²) in [5, 5.41) is 3.78. The molecule has 34 heavy (non-hydrogen) atoms. The van der Waals surface area contributed by atoms with Gasteiger partial charge in [-0.25, -0.2) is 37.3 Å². The standard InChI is InChI=1S/C24H14BrF5N4/c1-12(18-19(26)21(28)23(30)22(29)20(18)27)33-34-24-31-16(13-5-3-2-4-6-13)11-17(32-24)14-7-9-15(25)10-8-14/h2-11H,1H3,(H,31,32,34). The number of hydrogen-bond donors (Lipinski definition) is 1. The van der Waals surface area contributed by atoms with Gasteiger partial charge in [0, 0.05) is 15.6 Å². The highest BCUT2D eigenvalue weighted by Crippen LogP contribution is 2.27. The maximum Gasteiger partial charge on any atom is 0.244 e. The third-order valence-electron chi connectivity index (χ3n) is 4.83. The van der Waals surface area contributed by atoms with Crippen LogP contribution < -0.4 is 5.43 Å². The summed E-state index contributed by atoms with van der Waals surface area (Å²) in [5.74, 6) is -10.3. The molecule has 0 radical (unpaired) electrons. The molecule has 172 valence electrons. The Morgan fingerprint density at radius 1 is 0.735 bits per heavy atom. The predicted octanol–water partition coefficient (Wildman–Crippen LogP) is 7.10. The molecule has 4 nitrogen and oxygen atoms in total. The Kier molecular flexibility index (Phi) is 6.69. The quantitative estimate of drug-likeness (QED) is 0.0979. The first-order chi connectivity index (χ1) is 16.3. The fourth-order valence-corrected chi connectivity index (χ4v) is 3.40. The van der Waals surface area contributed by atoms with E-state index < -0.39 is 40.4 Å². The van der Waals surface area contributed by atoms with Crippen LogP contribution in [-0.2, 0) is 0 Å². The molecule has 0 amide bonds. The van der Waals surface area contributed by atoms with Crippen LogP contribution >= 0.6 is 15.9 Å². The monoisotopic (exact) mass is 532 g/mol. The Balaban J connectivity index is 1.77.